The van der Waals surface area contributed by atoms with Gasteiger partial charge in [-0.3, -0.25) is 0 Å². The molecule has 0 aromatic heterocycles. The Labute approximate surface area is 85.3 Å². The number of nitrogens with two attached hydrogens (primary N) is 1. The van der Waals surface area contributed by atoms with Crippen molar-refractivity contribution >= 4 is 5.71 Å². The molecule has 2 saturated carbocycles. The topological polar surface area (TPSA) is 61.9 Å². The second-order valence-electron chi connectivity index (χ2n) is 4.50. The van der Waals surface area contributed by atoms with E-state index in [4.69, 9.17) is 11.1 Å². The molecular formula is C11H19N3. The Morgan fingerprint density at radius 1 is 1.43 bits per heavy atom. The van der Waals surface area contributed by atoms with E-state index in [-0.39, 0.29) is 0 Å². The monoisotopic (exact) mass is 193 g/mol. The number of rotatable bonds is 5. The van der Waals surface area contributed by atoms with Gasteiger partial charge in [0.1, 0.15) is 0 Å². The van der Waals surface area contributed by atoms with Crippen LogP contribution in [0.3, 0.4) is 0 Å². The van der Waals surface area contributed by atoms with E-state index in [0.29, 0.717) is 12.0 Å². The molecule has 0 bridgehead atoms. The van der Waals surface area contributed by atoms with Gasteiger partial charge in [0.15, 0.2) is 0 Å². The van der Waals surface area contributed by atoms with Gasteiger partial charge in [-0.15, -0.1) is 0 Å². The van der Waals surface area contributed by atoms with Crippen LogP contribution in [0.1, 0.15) is 25.7 Å². The molecule has 2 fully saturated rings. The van der Waals surface area contributed by atoms with Crippen LogP contribution in [0.25, 0.3) is 0 Å². The minimum absolute atomic E-state index is 0.561. The third-order valence-electron chi connectivity index (χ3n) is 3.18. The van der Waals surface area contributed by atoms with Gasteiger partial charge in [0.05, 0.1) is 0 Å². The SMILES string of the molecule is N=C(/C=C\N[C@H]1C[C@H](CN)C1)C1CC1. The van der Waals surface area contributed by atoms with Crippen LogP contribution in [-0.4, -0.2) is 18.3 Å². The third kappa shape index (κ3) is 2.35. The Morgan fingerprint density at radius 2 is 2.14 bits per heavy atom. The van der Waals surface area contributed by atoms with Crippen LogP contribution in [0.2, 0.25) is 0 Å². The van der Waals surface area contributed by atoms with Crippen molar-refractivity contribution in [2.24, 2.45) is 17.6 Å². The van der Waals surface area contributed by atoms with Gasteiger partial charge in [-0.25, -0.2) is 0 Å². The standard InChI is InChI=1S/C11H19N3/c12-7-8-5-10(6-8)14-4-3-11(13)9-1-2-9/h3-4,8-10,13-14H,1-2,5-7,12H2/b4-3-,13-11?/t8-,10-. The molecule has 0 aliphatic heterocycles. The van der Waals surface area contributed by atoms with Gasteiger partial charge >= 0.3 is 0 Å². The van der Waals surface area contributed by atoms with Gasteiger partial charge in [0, 0.05) is 17.7 Å². The number of hydrogen-bond donors (Lipinski definition) is 3. The lowest BCUT2D eigenvalue weighted by Gasteiger charge is -2.34. The number of nitrogens with one attached hydrogen (secondary N) is 2. The van der Waals surface area contributed by atoms with E-state index >= 15 is 0 Å². The van der Waals surface area contributed by atoms with E-state index in [1.54, 1.807) is 0 Å². The molecule has 0 aromatic carbocycles. The summed E-state index contributed by atoms with van der Waals surface area (Å²) < 4.78 is 0. The minimum atomic E-state index is 0.561. The molecule has 2 aliphatic rings. The van der Waals surface area contributed by atoms with Crippen LogP contribution < -0.4 is 11.1 Å². The molecule has 14 heavy (non-hydrogen) atoms. The fourth-order valence-corrected chi connectivity index (χ4v) is 1.87. The number of hydrogen-bond acceptors (Lipinski definition) is 3. The quantitative estimate of drug-likeness (QED) is 0.576. The van der Waals surface area contributed by atoms with Gasteiger partial charge in [0.2, 0.25) is 0 Å². The molecule has 0 spiro atoms. The predicted octanol–water partition coefficient (Wildman–Crippen LogP) is 1.26. The van der Waals surface area contributed by atoms with Crippen molar-refractivity contribution in [2.45, 2.75) is 31.7 Å². The van der Waals surface area contributed by atoms with Crippen molar-refractivity contribution in [1.82, 2.24) is 5.32 Å². The Morgan fingerprint density at radius 3 is 2.71 bits per heavy atom. The van der Waals surface area contributed by atoms with Crippen LogP contribution in [0.15, 0.2) is 12.3 Å². The van der Waals surface area contributed by atoms with Crippen molar-refractivity contribution in [3.63, 3.8) is 0 Å². The van der Waals surface area contributed by atoms with E-state index in [1.165, 1.54) is 25.7 Å². The number of allylic oxidation sites excluding steroid dienone is 1. The molecular weight excluding hydrogens is 174 g/mol. The lowest BCUT2D eigenvalue weighted by molar-refractivity contribution is 0.247. The van der Waals surface area contributed by atoms with E-state index in [0.717, 1.165) is 18.2 Å². The highest BCUT2D eigenvalue weighted by atomic mass is 14.9. The molecule has 78 valence electrons. The maximum atomic E-state index is 7.65. The summed E-state index contributed by atoms with van der Waals surface area (Å²) in [4.78, 5) is 0. The first-order chi connectivity index (χ1) is 6.79. The van der Waals surface area contributed by atoms with Crippen LogP contribution in [0.4, 0.5) is 0 Å². The Kier molecular flexibility index (Phi) is 2.87. The zero-order valence-electron chi connectivity index (χ0n) is 8.50. The van der Waals surface area contributed by atoms with E-state index in [2.05, 4.69) is 5.32 Å². The molecule has 3 nitrogen and oxygen atoms in total. The summed E-state index contributed by atoms with van der Waals surface area (Å²) in [5, 5.41) is 11.0. The first kappa shape index (κ1) is 9.71. The van der Waals surface area contributed by atoms with E-state index < -0.39 is 0 Å². The van der Waals surface area contributed by atoms with Crippen LogP contribution in [-0.2, 0) is 0 Å². The highest BCUT2D eigenvalue weighted by molar-refractivity contribution is 5.95. The van der Waals surface area contributed by atoms with Gasteiger partial charge < -0.3 is 16.5 Å². The minimum Gasteiger partial charge on any atom is -0.388 e. The zero-order chi connectivity index (χ0) is 9.97. The molecule has 0 radical (unpaired) electrons. The van der Waals surface area contributed by atoms with Crippen molar-refractivity contribution in [3.05, 3.63) is 12.3 Å². The summed E-state index contributed by atoms with van der Waals surface area (Å²) in [5.74, 6) is 1.29. The molecule has 0 saturated heterocycles. The van der Waals surface area contributed by atoms with Gasteiger partial charge in [-0.2, -0.15) is 0 Å². The summed E-state index contributed by atoms with van der Waals surface area (Å²) >= 11 is 0. The summed E-state index contributed by atoms with van der Waals surface area (Å²) in [6.07, 6.45) is 8.66. The largest absolute Gasteiger partial charge is 0.388 e. The normalized spacial score (nSPS) is 31.5. The average molecular weight is 193 g/mol. The summed E-state index contributed by atoms with van der Waals surface area (Å²) in [7, 11) is 0. The van der Waals surface area contributed by atoms with Gasteiger partial charge in [-0.1, -0.05) is 0 Å². The zero-order valence-corrected chi connectivity index (χ0v) is 8.50. The molecule has 2 aliphatic carbocycles. The first-order valence-electron chi connectivity index (χ1n) is 5.50. The first-order valence-corrected chi connectivity index (χ1v) is 5.50. The molecule has 4 N–H and O–H groups in total. The van der Waals surface area contributed by atoms with Crippen molar-refractivity contribution in [1.29, 1.82) is 5.41 Å². The highest BCUT2D eigenvalue weighted by Gasteiger charge is 2.27. The fraction of sp³-hybridized carbons (Fsp3) is 0.727. The second-order valence-corrected chi connectivity index (χ2v) is 4.50. The van der Waals surface area contributed by atoms with E-state index in [9.17, 15) is 0 Å². The van der Waals surface area contributed by atoms with Crippen LogP contribution in [0, 0.1) is 17.2 Å². The fourth-order valence-electron chi connectivity index (χ4n) is 1.87. The smallest absolute Gasteiger partial charge is 0.0359 e. The maximum absolute atomic E-state index is 7.65. The Balaban J connectivity index is 1.60. The van der Waals surface area contributed by atoms with Crippen molar-refractivity contribution in [2.75, 3.05) is 6.54 Å². The summed E-state index contributed by atoms with van der Waals surface area (Å²) in [5.41, 5.74) is 6.33. The molecule has 0 amide bonds. The average Bonchev–Trinajstić information content (AvgIpc) is 2.91. The summed E-state index contributed by atoms with van der Waals surface area (Å²) in [6, 6.07) is 0.604. The highest BCUT2D eigenvalue weighted by Crippen LogP contribution is 2.30. The van der Waals surface area contributed by atoms with E-state index in [1.807, 2.05) is 12.3 Å². The molecule has 0 heterocycles. The third-order valence-corrected chi connectivity index (χ3v) is 3.18. The Hall–Kier alpha value is -0.830. The predicted molar refractivity (Wildman–Crippen MR) is 58.3 cm³/mol. The Bertz CT molecular complexity index is 237. The summed E-state index contributed by atoms with van der Waals surface area (Å²) in [6.45, 7) is 0.819. The molecule has 3 heteroatoms. The lowest BCUT2D eigenvalue weighted by atomic mass is 9.80. The van der Waals surface area contributed by atoms with Gasteiger partial charge in [-0.05, 0) is 50.4 Å². The van der Waals surface area contributed by atoms with Crippen LogP contribution in [0.5, 0.6) is 0 Å². The van der Waals surface area contributed by atoms with Crippen LogP contribution >= 0.6 is 0 Å². The molecule has 0 atom stereocenters. The lowest BCUT2D eigenvalue weighted by Crippen LogP contribution is -2.41. The van der Waals surface area contributed by atoms with Crippen molar-refractivity contribution in [3.8, 4) is 0 Å². The molecule has 2 rings (SSSR count). The molecule has 0 aromatic rings. The van der Waals surface area contributed by atoms with Crippen molar-refractivity contribution < 1.29 is 0 Å². The second kappa shape index (κ2) is 4.13. The van der Waals surface area contributed by atoms with Gasteiger partial charge in [0.25, 0.3) is 0 Å². The maximum Gasteiger partial charge on any atom is 0.0359 e. The molecule has 0 unspecified atom stereocenters.